The number of fused-ring (bicyclic) bond motifs is 2. The topological polar surface area (TPSA) is 78.1 Å². The highest BCUT2D eigenvalue weighted by Crippen LogP contribution is 2.38. The van der Waals surface area contributed by atoms with Gasteiger partial charge in [0.05, 0.1) is 35.8 Å². The molecule has 5 rings (SSSR count). The van der Waals surface area contributed by atoms with Gasteiger partial charge in [-0.1, -0.05) is 0 Å². The summed E-state index contributed by atoms with van der Waals surface area (Å²) in [6, 6.07) is 7.82. The van der Waals surface area contributed by atoms with Crippen LogP contribution in [-0.4, -0.2) is 49.0 Å². The average molecular weight is 499 g/mol. The van der Waals surface area contributed by atoms with Crippen molar-refractivity contribution in [1.82, 2.24) is 29.4 Å². The fourth-order valence-corrected chi connectivity index (χ4v) is 4.96. The lowest BCUT2D eigenvalue weighted by molar-refractivity contribution is -0.141. The Labute approximate surface area is 205 Å². The number of rotatable bonds is 3. The Morgan fingerprint density at radius 3 is 2.53 bits per heavy atom. The standard InChI is InChI=1S/C25H25F3N6O2/c1-13-10-20(36-5)17-11-15(6-7-18(17)29-13)24(35)34-9-8-16-22(14(34)2)31-33(4)23(16)19-12-21(25(26,27)28)30-32(19)3/h6-7,10-12,14H,8-9H2,1-5H3. The minimum Gasteiger partial charge on any atom is -0.496 e. The van der Waals surface area contributed by atoms with Crippen LogP contribution in [0.25, 0.3) is 22.3 Å². The van der Waals surface area contributed by atoms with Gasteiger partial charge in [0.15, 0.2) is 5.69 Å². The molecule has 0 N–H and O–H groups in total. The third-order valence-electron chi connectivity index (χ3n) is 6.68. The fraction of sp³-hybridized carbons (Fsp3) is 0.360. The Hall–Kier alpha value is -3.89. The highest BCUT2D eigenvalue weighted by Gasteiger charge is 2.37. The van der Waals surface area contributed by atoms with Crippen LogP contribution in [0.1, 0.15) is 46.0 Å². The summed E-state index contributed by atoms with van der Waals surface area (Å²) < 4.78 is 48.0. The molecule has 0 saturated heterocycles. The molecular weight excluding hydrogens is 473 g/mol. The van der Waals surface area contributed by atoms with Crippen molar-refractivity contribution in [3.63, 3.8) is 0 Å². The van der Waals surface area contributed by atoms with Crippen LogP contribution in [0.2, 0.25) is 0 Å². The van der Waals surface area contributed by atoms with Crippen molar-refractivity contribution in [1.29, 1.82) is 0 Å². The molecule has 4 aromatic rings. The summed E-state index contributed by atoms with van der Waals surface area (Å²) in [6.45, 7) is 4.16. The molecule has 4 heterocycles. The van der Waals surface area contributed by atoms with Gasteiger partial charge in [-0.15, -0.1) is 0 Å². The van der Waals surface area contributed by atoms with Crippen molar-refractivity contribution in [3.05, 3.63) is 58.5 Å². The minimum atomic E-state index is -4.54. The van der Waals surface area contributed by atoms with Gasteiger partial charge in [-0.25, -0.2) is 0 Å². The van der Waals surface area contributed by atoms with Gasteiger partial charge in [-0.3, -0.25) is 19.1 Å². The van der Waals surface area contributed by atoms with Gasteiger partial charge in [0, 0.05) is 48.9 Å². The van der Waals surface area contributed by atoms with Gasteiger partial charge in [-0.2, -0.15) is 23.4 Å². The van der Waals surface area contributed by atoms with Gasteiger partial charge < -0.3 is 9.64 Å². The number of amides is 1. The second kappa shape index (κ2) is 8.35. The predicted molar refractivity (Wildman–Crippen MR) is 127 cm³/mol. The smallest absolute Gasteiger partial charge is 0.435 e. The van der Waals surface area contributed by atoms with E-state index in [4.69, 9.17) is 4.74 Å². The summed E-state index contributed by atoms with van der Waals surface area (Å²) in [5, 5.41) is 9.00. The largest absolute Gasteiger partial charge is 0.496 e. The molecular formula is C25H25F3N6O2. The van der Waals surface area contributed by atoms with E-state index in [0.717, 1.165) is 28.2 Å². The highest BCUT2D eigenvalue weighted by atomic mass is 19.4. The molecule has 36 heavy (non-hydrogen) atoms. The lowest BCUT2D eigenvalue weighted by atomic mass is 9.96. The van der Waals surface area contributed by atoms with E-state index in [-0.39, 0.29) is 11.9 Å². The lowest BCUT2D eigenvalue weighted by Gasteiger charge is -2.33. The van der Waals surface area contributed by atoms with Gasteiger partial charge in [0.1, 0.15) is 5.75 Å². The second-order valence-corrected chi connectivity index (χ2v) is 8.99. The molecule has 188 valence electrons. The molecule has 1 atom stereocenters. The Balaban J connectivity index is 1.50. The first kappa shape index (κ1) is 23.8. The molecule has 1 amide bonds. The first-order chi connectivity index (χ1) is 17.0. The summed E-state index contributed by atoms with van der Waals surface area (Å²) in [5.41, 5.74) is 3.49. The lowest BCUT2D eigenvalue weighted by Crippen LogP contribution is -2.38. The molecule has 11 heteroatoms. The summed E-state index contributed by atoms with van der Waals surface area (Å²) in [7, 11) is 4.75. The van der Waals surface area contributed by atoms with Gasteiger partial charge in [0.25, 0.3) is 5.91 Å². The number of aromatic nitrogens is 5. The number of halogens is 3. The van der Waals surface area contributed by atoms with Crippen molar-refractivity contribution in [3.8, 4) is 17.1 Å². The highest BCUT2D eigenvalue weighted by molar-refractivity contribution is 5.99. The molecule has 1 aliphatic rings. The molecule has 1 aliphatic heterocycles. The van der Waals surface area contributed by atoms with Crippen LogP contribution in [-0.2, 0) is 26.7 Å². The number of nitrogens with zero attached hydrogens (tertiary/aromatic N) is 6. The summed E-state index contributed by atoms with van der Waals surface area (Å²) >= 11 is 0. The summed E-state index contributed by atoms with van der Waals surface area (Å²) in [6.07, 6.45) is -4.08. The molecule has 0 radical (unpaired) electrons. The van der Waals surface area contributed by atoms with Crippen LogP contribution in [0.3, 0.4) is 0 Å². The zero-order valence-electron chi connectivity index (χ0n) is 20.5. The van der Waals surface area contributed by atoms with Gasteiger partial charge in [0.2, 0.25) is 0 Å². The van der Waals surface area contributed by atoms with Crippen LogP contribution in [0, 0.1) is 6.92 Å². The van der Waals surface area contributed by atoms with E-state index in [1.165, 1.54) is 11.7 Å². The molecule has 8 nitrogen and oxygen atoms in total. The van der Waals surface area contributed by atoms with Gasteiger partial charge in [-0.05, 0) is 44.5 Å². The van der Waals surface area contributed by atoms with Crippen molar-refractivity contribution < 1.29 is 22.7 Å². The number of methoxy groups -OCH3 is 1. The molecule has 1 aromatic carbocycles. The zero-order chi connectivity index (χ0) is 25.9. The molecule has 0 fully saturated rings. The first-order valence-electron chi connectivity index (χ1n) is 11.4. The van der Waals surface area contributed by atoms with E-state index in [2.05, 4.69) is 15.2 Å². The first-order valence-corrected chi connectivity index (χ1v) is 11.4. The number of hydrogen-bond donors (Lipinski definition) is 0. The second-order valence-electron chi connectivity index (χ2n) is 8.99. The van der Waals surface area contributed by atoms with Crippen molar-refractivity contribution in [2.45, 2.75) is 32.5 Å². The normalized spacial score (nSPS) is 15.9. The fourth-order valence-electron chi connectivity index (χ4n) is 4.96. The number of ether oxygens (including phenoxy) is 1. The zero-order valence-corrected chi connectivity index (χ0v) is 20.5. The van der Waals surface area contributed by atoms with Crippen LogP contribution in [0.15, 0.2) is 30.3 Å². The van der Waals surface area contributed by atoms with Crippen molar-refractivity contribution in [2.24, 2.45) is 14.1 Å². The maximum atomic E-state index is 13.6. The van der Waals surface area contributed by atoms with Gasteiger partial charge >= 0.3 is 6.18 Å². The van der Waals surface area contributed by atoms with E-state index in [0.29, 0.717) is 41.4 Å². The van der Waals surface area contributed by atoms with Crippen molar-refractivity contribution in [2.75, 3.05) is 13.7 Å². The predicted octanol–water partition coefficient (Wildman–Crippen LogP) is 4.46. The van der Waals surface area contributed by atoms with E-state index >= 15 is 0 Å². The quantitative estimate of drug-likeness (QED) is 0.417. The number of benzene rings is 1. The van der Waals surface area contributed by atoms with E-state index < -0.39 is 11.9 Å². The molecule has 1 unspecified atom stereocenters. The van der Waals surface area contributed by atoms with Crippen LogP contribution >= 0.6 is 0 Å². The Kier molecular flexibility index (Phi) is 5.53. The van der Waals surface area contributed by atoms with E-state index in [1.54, 1.807) is 41.9 Å². The molecule has 0 aliphatic carbocycles. The Morgan fingerprint density at radius 2 is 1.86 bits per heavy atom. The number of aryl methyl sites for hydroxylation is 3. The number of pyridine rings is 1. The Morgan fingerprint density at radius 1 is 1.11 bits per heavy atom. The number of carbonyl (C=O) groups is 1. The summed E-state index contributed by atoms with van der Waals surface area (Å²) in [4.78, 5) is 19.8. The number of hydrogen-bond acceptors (Lipinski definition) is 5. The number of carbonyl (C=O) groups excluding carboxylic acids is 1. The average Bonchev–Trinajstić information content (AvgIpc) is 3.37. The summed E-state index contributed by atoms with van der Waals surface area (Å²) in [5.74, 6) is 0.481. The molecule has 0 bridgehead atoms. The van der Waals surface area contributed by atoms with Crippen LogP contribution < -0.4 is 4.74 Å². The number of alkyl halides is 3. The third kappa shape index (κ3) is 3.78. The third-order valence-corrected chi connectivity index (χ3v) is 6.68. The molecule has 0 spiro atoms. The molecule has 3 aromatic heterocycles. The monoisotopic (exact) mass is 498 g/mol. The van der Waals surface area contributed by atoms with E-state index in [1.807, 2.05) is 19.9 Å². The van der Waals surface area contributed by atoms with E-state index in [9.17, 15) is 18.0 Å². The molecule has 0 saturated carbocycles. The van der Waals surface area contributed by atoms with Crippen molar-refractivity contribution >= 4 is 16.8 Å². The minimum absolute atomic E-state index is 0.162. The van der Waals surface area contributed by atoms with Crippen LogP contribution in [0.5, 0.6) is 5.75 Å². The maximum Gasteiger partial charge on any atom is 0.435 e. The SMILES string of the molecule is COc1cc(C)nc2ccc(C(=O)N3CCc4c(nn(C)c4-c4cc(C(F)(F)F)nn4C)C3C)cc12. The van der Waals surface area contributed by atoms with Crippen LogP contribution in [0.4, 0.5) is 13.2 Å². The Bertz CT molecular complexity index is 1500. The maximum absolute atomic E-state index is 13.6.